The van der Waals surface area contributed by atoms with E-state index in [0.29, 0.717) is 36.5 Å². The van der Waals surface area contributed by atoms with E-state index in [9.17, 15) is 19.5 Å². The number of carbonyl (C=O) groups excluding carboxylic acids is 3. The second-order valence-corrected chi connectivity index (χ2v) is 9.77. The van der Waals surface area contributed by atoms with Crippen LogP contribution in [0.5, 0.6) is 0 Å². The van der Waals surface area contributed by atoms with E-state index in [-0.39, 0.29) is 37.4 Å². The van der Waals surface area contributed by atoms with Crippen molar-refractivity contribution in [2.24, 2.45) is 11.8 Å². The molecule has 1 N–H and O–H groups in total. The Hall–Kier alpha value is -2.68. The van der Waals surface area contributed by atoms with Crippen LogP contribution in [0.3, 0.4) is 0 Å². The minimum atomic E-state index is -1.11. The Bertz CT molecular complexity index is 1030. The molecule has 8 nitrogen and oxygen atoms in total. The number of anilines is 1. The van der Waals surface area contributed by atoms with Crippen molar-refractivity contribution in [3.05, 3.63) is 54.6 Å². The van der Waals surface area contributed by atoms with Gasteiger partial charge in [0, 0.05) is 33.3 Å². The lowest BCUT2D eigenvalue weighted by Crippen LogP contribution is -2.56. The first-order chi connectivity index (χ1) is 16.8. The van der Waals surface area contributed by atoms with Gasteiger partial charge in [0.25, 0.3) is 5.91 Å². The molecule has 1 spiro atoms. The average molecular weight is 502 g/mol. The molecule has 3 aliphatic heterocycles. The van der Waals surface area contributed by atoms with Crippen LogP contribution < -0.4 is 4.90 Å². The fraction of sp³-hybridized carbons (Fsp3) is 0.500. The van der Waals surface area contributed by atoms with E-state index in [1.54, 1.807) is 48.4 Å². The second-order valence-electron chi connectivity index (χ2n) is 9.36. The van der Waals surface area contributed by atoms with E-state index in [1.807, 2.05) is 0 Å². The molecule has 2 unspecified atom stereocenters. The van der Waals surface area contributed by atoms with Crippen LogP contribution in [0.4, 0.5) is 5.69 Å². The lowest BCUT2D eigenvalue weighted by Gasteiger charge is -2.37. The van der Waals surface area contributed by atoms with E-state index in [4.69, 9.17) is 16.3 Å². The third-order valence-corrected chi connectivity index (χ3v) is 7.70. The summed E-state index contributed by atoms with van der Waals surface area (Å²) in [6.07, 6.45) is 4.22. The summed E-state index contributed by atoms with van der Waals surface area (Å²) in [5, 5.41) is 9.89. The summed E-state index contributed by atoms with van der Waals surface area (Å²) >= 11 is 6.44. The Labute approximate surface area is 210 Å². The SMILES string of the molecule is C=CCN(C)C(=O)[C@@H]1[C@@H]2CCC3(O2)C(C(=O)N(CC=C)c2ccccc2Cl)N(CCCO)C(=O)[C@H]13. The molecule has 0 aliphatic carbocycles. The molecule has 3 aliphatic rings. The maximum Gasteiger partial charge on any atom is 0.253 e. The Balaban J connectivity index is 1.77. The Kier molecular flexibility index (Phi) is 7.35. The van der Waals surface area contributed by atoms with Gasteiger partial charge in [-0.2, -0.15) is 0 Å². The van der Waals surface area contributed by atoms with Gasteiger partial charge in [-0.1, -0.05) is 35.9 Å². The molecule has 3 amide bonds. The van der Waals surface area contributed by atoms with Gasteiger partial charge >= 0.3 is 0 Å². The molecule has 2 bridgehead atoms. The second kappa shape index (κ2) is 10.1. The van der Waals surface area contributed by atoms with E-state index >= 15 is 0 Å². The average Bonchev–Trinajstić information content (AvgIpc) is 3.48. The van der Waals surface area contributed by atoms with Crippen LogP contribution in [-0.4, -0.2) is 83.7 Å². The maximum absolute atomic E-state index is 14.2. The molecule has 188 valence electrons. The van der Waals surface area contributed by atoms with Crippen LogP contribution >= 0.6 is 11.6 Å². The lowest BCUT2D eigenvalue weighted by molar-refractivity contribution is -0.144. The van der Waals surface area contributed by atoms with Gasteiger partial charge in [0.15, 0.2) is 0 Å². The van der Waals surface area contributed by atoms with Gasteiger partial charge in [-0.25, -0.2) is 0 Å². The summed E-state index contributed by atoms with van der Waals surface area (Å²) in [5.41, 5.74) is -0.594. The lowest BCUT2D eigenvalue weighted by atomic mass is 9.70. The zero-order valence-electron chi connectivity index (χ0n) is 19.9. The zero-order valence-corrected chi connectivity index (χ0v) is 20.7. The van der Waals surface area contributed by atoms with Crippen molar-refractivity contribution in [1.82, 2.24) is 9.80 Å². The van der Waals surface area contributed by atoms with Crippen LogP contribution in [0.1, 0.15) is 19.3 Å². The number of hydrogen-bond acceptors (Lipinski definition) is 5. The number of nitrogens with zero attached hydrogens (tertiary/aromatic N) is 3. The highest BCUT2D eigenvalue weighted by Gasteiger charge is 2.74. The number of fused-ring (bicyclic) bond motifs is 1. The van der Waals surface area contributed by atoms with Gasteiger partial charge in [-0.15, -0.1) is 13.2 Å². The van der Waals surface area contributed by atoms with Crippen LogP contribution in [0.15, 0.2) is 49.6 Å². The predicted octanol–water partition coefficient (Wildman–Crippen LogP) is 2.26. The van der Waals surface area contributed by atoms with Crippen molar-refractivity contribution in [3.8, 4) is 0 Å². The molecule has 0 aromatic heterocycles. The Morgan fingerprint density at radius 2 is 1.97 bits per heavy atom. The molecule has 35 heavy (non-hydrogen) atoms. The van der Waals surface area contributed by atoms with E-state index in [2.05, 4.69) is 13.2 Å². The molecule has 5 atom stereocenters. The van der Waals surface area contributed by atoms with E-state index < -0.39 is 29.6 Å². The number of aliphatic hydroxyl groups is 1. The number of rotatable bonds is 10. The number of amides is 3. The summed E-state index contributed by atoms with van der Waals surface area (Å²) in [5.74, 6) is -2.21. The number of aliphatic hydroxyl groups excluding tert-OH is 1. The fourth-order valence-corrected chi connectivity index (χ4v) is 6.23. The number of halogens is 1. The molecule has 1 aromatic carbocycles. The standard InChI is InChI=1S/C26H32ClN3O5/c1-4-13-28(3)23(32)20-19-11-12-26(35-19)21(20)24(33)30(15-8-16-31)22(26)25(34)29(14-5-2)18-10-7-6-9-17(18)27/h4-7,9-10,19-22,31H,1-2,8,11-16H2,3H3/t19-,20+,21-,22?,26?/m0/s1. The first-order valence-corrected chi connectivity index (χ1v) is 12.3. The van der Waals surface area contributed by atoms with E-state index in [1.165, 1.54) is 9.80 Å². The highest BCUT2D eigenvalue weighted by Crippen LogP contribution is 2.59. The first kappa shape index (κ1) is 25.4. The summed E-state index contributed by atoms with van der Waals surface area (Å²) in [6, 6.07) is 6.08. The van der Waals surface area contributed by atoms with Crippen molar-refractivity contribution in [2.45, 2.75) is 37.0 Å². The van der Waals surface area contributed by atoms with Gasteiger partial charge < -0.3 is 24.5 Å². The van der Waals surface area contributed by atoms with Crippen LogP contribution in [0.25, 0.3) is 0 Å². The molecule has 3 saturated heterocycles. The molecule has 4 rings (SSSR count). The number of carbonyl (C=O) groups is 3. The monoisotopic (exact) mass is 501 g/mol. The quantitative estimate of drug-likeness (QED) is 0.497. The minimum absolute atomic E-state index is 0.128. The topological polar surface area (TPSA) is 90.4 Å². The number of likely N-dealkylation sites (tertiary alicyclic amines) is 1. The molecule has 0 saturated carbocycles. The van der Waals surface area contributed by atoms with Gasteiger partial charge in [0.05, 0.1) is 28.6 Å². The van der Waals surface area contributed by atoms with Gasteiger partial charge in [0.1, 0.15) is 11.6 Å². The number of benzene rings is 1. The van der Waals surface area contributed by atoms with Crippen molar-refractivity contribution in [1.29, 1.82) is 0 Å². The van der Waals surface area contributed by atoms with Crippen molar-refractivity contribution in [2.75, 3.05) is 38.2 Å². The number of para-hydroxylation sites is 1. The zero-order chi connectivity index (χ0) is 25.3. The number of hydrogen-bond donors (Lipinski definition) is 1. The molecule has 3 fully saturated rings. The summed E-state index contributed by atoms with van der Waals surface area (Å²) in [6.45, 7) is 8.09. The number of ether oxygens (including phenoxy) is 1. The van der Waals surface area contributed by atoms with Gasteiger partial charge in [-0.05, 0) is 31.4 Å². The maximum atomic E-state index is 14.2. The molecular weight excluding hydrogens is 470 g/mol. The Morgan fingerprint density at radius 3 is 2.63 bits per heavy atom. The van der Waals surface area contributed by atoms with Crippen LogP contribution in [-0.2, 0) is 19.1 Å². The Morgan fingerprint density at radius 1 is 1.26 bits per heavy atom. The highest BCUT2D eigenvalue weighted by atomic mass is 35.5. The largest absolute Gasteiger partial charge is 0.396 e. The summed E-state index contributed by atoms with van der Waals surface area (Å²) in [4.78, 5) is 46.0. The van der Waals surface area contributed by atoms with Crippen LogP contribution in [0, 0.1) is 11.8 Å². The third kappa shape index (κ3) is 4.07. The first-order valence-electron chi connectivity index (χ1n) is 11.9. The molecule has 3 heterocycles. The molecule has 0 radical (unpaired) electrons. The van der Waals surface area contributed by atoms with Crippen LogP contribution in [0.2, 0.25) is 5.02 Å². The summed E-state index contributed by atoms with van der Waals surface area (Å²) in [7, 11) is 1.68. The van der Waals surface area contributed by atoms with Crippen molar-refractivity contribution in [3.63, 3.8) is 0 Å². The molecule has 1 aromatic rings. The molecule has 9 heteroatoms. The predicted molar refractivity (Wildman–Crippen MR) is 133 cm³/mol. The van der Waals surface area contributed by atoms with Gasteiger partial charge in [-0.3, -0.25) is 14.4 Å². The normalized spacial score (nSPS) is 28.7. The van der Waals surface area contributed by atoms with Crippen molar-refractivity contribution >= 4 is 35.0 Å². The highest BCUT2D eigenvalue weighted by molar-refractivity contribution is 6.34. The van der Waals surface area contributed by atoms with Gasteiger partial charge in [0.2, 0.25) is 11.8 Å². The fourth-order valence-electron chi connectivity index (χ4n) is 5.99. The van der Waals surface area contributed by atoms with E-state index in [0.717, 1.165) is 0 Å². The molecular formula is C26H32ClN3O5. The summed E-state index contributed by atoms with van der Waals surface area (Å²) < 4.78 is 6.45. The third-order valence-electron chi connectivity index (χ3n) is 7.38. The minimum Gasteiger partial charge on any atom is -0.396 e. The smallest absolute Gasteiger partial charge is 0.253 e. The number of likely N-dealkylation sites (N-methyl/N-ethyl adjacent to an activating group) is 1. The van der Waals surface area contributed by atoms with Crippen molar-refractivity contribution < 1.29 is 24.2 Å².